The number of fused-ring (bicyclic) bond motifs is 2. The quantitative estimate of drug-likeness (QED) is 0.684. The van der Waals surface area contributed by atoms with E-state index in [4.69, 9.17) is 0 Å². The maximum atomic E-state index is 13.5. The monoisotopic (exact) mass is 335 g/mol. The predicted molar refractivity (Wildman–Crippen MR) is 95.9 cm³/mol. The molecule has 128 valence electrons. The van der Waals surface area contributed by atoms with Gasteiger partial charge in [0.25, 0.3) is 11.7 Å². The number of benzene rings is 1. The van der Waals surface area contributed by atoms with Gasteiger partial charge in [0.15, 0.2) is 0 Å². The van der Waals surface area contributed by atoms with E-state index in [1.54, 1.807) is 19.2 Å². The molecule has 1 unspecified atom stereocenters. The third kappa shape index (κ3) is 2.40. The second kappa shape index (κ2) is 5.37. The molecule has 1 atom stereocenters. The van der Waals surface area contributed by atoms with Crippen LogP contribution in [0, 0.1) is 6.92 Å². The van der Waals surface area contributed by atoms with Gasteiger partial charge in [0.2, 0.25) is 0 Å². The third-order valence-electron chi connectivity index (χ3n) is 4.89. The molecule has 0 aliphatic carbocycles. The van der Waals surface area contributed by atoms with E-state index in [1.807, 2.05) is 23.1 Å². The van der Waals surface area contributed by atoms with Crippen molar-refractivity contribution in [1.82, 2.24) is 19.6 Å². The Kier molecular flexibility index (Phi) is 3.39. The smallest absolute Gasteiger partial charge is 0.277 e. The molecule has 3 aromatic rings. The van der Waals surface area contributed by atoms with Crippen molar-refractivity contribution in [3.63, 3.8) is 0 Å². The van der Waals surface area contributed by atoms with Crippen molar-refractivity contribution in [2.75, 3.05) is 4.90 Å². The fourth-order valence-electron chi connectivity index (χ4n) is 3.94. The Morgan fingerprint density at radius 3 is 2.80 bits per heavy atom. The highest BCUT2D eigenvalue weighted by Gasteiger charge is 2.40. The Balaban J connectivity index is 1.90. The number of anilines is 1. The van der Waals surface area contributed by atoms with Gasteiger partial charge in [-0.05, 0) is 50.8 Å². The molecule has 3 heterocycles. The third-order valence-corrected chi connectivity index (χ3v) is 4.89. The number of amides is 1. The van der Waals surface area contributed by atoms with E-state index < -0.39 is 0 Å². The summed E-state index contributed by atoms with van der Waals surface area (Å²) >= 11 is 0. The maximum Gasteiger partial charge on any atom is 0.277 e. The normalized spacial score (nSPS) is 19.0. The Morgan fingerprint density at radius 1 is 1.24 bits per heavy atom. The Labute approximate surface area is 146 Å². The van der Waals surface area contributed by atoms with Crippen molar-refractivity contribution >= 4 is 17.4 Å². The molecule has 6 nitrogen and oxygen atoms in total. The molecule has 0 saturated heterocycles. The van der Waals surface area contributed by atoms with Gasteiger partial charge in [-0.15, -0.1) is 5.10 Å². The van der Waals surface area contributed by atoms with Crippen LogP contribution in [0.15, 0.2) is 36.5 Å². The largest absolute Gasteiger partial charge is 0.301 e. The van der Waals surface area contributed by atoms with Gasteiger partial charge >= 0.3 is 0 Å². The first-order valence-corrected chi connectivity index (χ1v) is 8.50. The van der Waals surface area contributed by atoms with Crippen LogP contribution < -0.4 is 4.90 Å². The van der Waals surface area contributed by atoms with Gasteiger partial charge in [0.1, 0.15) is 11.5 Å². The van der Waals surface area contributed by atoms with Gasteiger partial charge < -0.3 is 4.90 Å². The van der Waals surface area contributed by atoms with Crippen molar-refractivity contribution in [1.29, 1.82) is 0 Å². The SMILES string of the molecule is Cc1nc2nccc(C(=O)N3c4ccccc4C(C)CC3(C)C)n2n1. The second-order valence-corrected chi connectivity index (χ2v) is 7.32. The van der Waals surface area contributed by atoms with E-state index in [-0.39, 0.29) is 11.4 Å². The lowest BCUT2D eigenvalue weighted by atomic mass is 9.80. The molecule has 4 rings (SSSR count). The zero-order valence-corrected chi connectivity index (χ0v) is 14.9. The summed E-state index contributed by atoms with van der Waals surface area (Å²) in [5.41, 5.74) is 2.35. The van der Waals surface area contributed by atoms with Crippen molar-refractivity contribution in [2.45, 2.75) is 45.6 Å². The molecule has 1 amide bonds. The Morgan fingerprint density at radius 2 is 2.00 bits per heavy atom. The standard InChI is InChI=1S/C19H21N5O/c1-12-11-19(3,4)23(15-8-6-5-7-14(12)15)17(25)16-9-10-20-18-21-13(2)22-24(16)18/h5-10,12H,11H2,1-4H3. The first-order valence-electron chi connectivity index (χ1n) is 8.50. The average molecular weight is 335 g/mol. The van der Waals surface area contributed by atoms with Gasteiger partial charge in [-0.25, -0.2) is 4.98 Å². The van der Waals surface area contributed by atoms with Gasteiger partial charge in [-0.2, -0.15) is 9.50 Å². The van der Waals surface area contributed by atoms with Crippen molar-refractivity contribution in [2.24, 2.45) is 0 Å². The highest BCUT2D eigenvalue weighted by Crippen LogP contribution is 2.43. The zero-order valence-electron chi connectivity index (χ0n) is 14.9. The summed E-state index contributed by atoms with van der Waals surface area (Å²) in [5.74, 6) is 1.36. The molecule has 0 bridgehead atoms. The summed E-state index contributed by atoms with van der Waals surface area (Å²) in [7, 11) is 0. The lowest BCUT2D eigenvalue weighted by Crippen LogP contribution is -2.52. The number of nitrogens with zero attached hydrogens (tertiary/aromatic N) is 5. The van der Waals surface area contributed by atoms with Crippen LogP contribution in [0.1, 0.15) is 55.0 Å². The Bertz CT molecular complexity index is 975. The molecule has 2 aromatic heterocycles. The lowest BCUT2D eigenvalue weighted by molar-refractivity contribution is 0.0946. The van der Waals surface area contributed by atoms with E-state index >= 15 is 0 Å². The van der Waals surface area contributed by atoms with Crippen molar-refractivity contribution in [3.8, 4) is 0 Å². The van der Waals surface area contributed by atoms with Gasteiger partial charge in [0.05, 0.1) is 0 Å². The molecule has 0 fully saturated rings. The summed E-state index contributed by atoms with van der Waals surface area (Å²) in [5, 5.41) is 4.34. The first-order chi connectivity index (χ1) is 11.9. The minimum absolute atomic E-state index is 0.0818. The number of para-hydroxylation sites is 1. The molecule has 0 spiro atoms. The summed E-state index contributed by atoms with van der Waals surface area (Å²) in [6.45, 7) is 8.24. The van der Waals surface area contributed by atoms with Crippen LogP contribution in [0.5, 0.6) is 0 Å². The molecular formula is C19H21N5O. The molecule has 1 aliphatic heterocycles. The summed E-state index contributed by atoms with van der Waals surface area (Å²) in [4.78, 5) is 23.9. The first kappa shape index (κ1) is 15.7. The van der Waals surface area contributed by atoms with E-state index in [2.05, 4.69) is 41.9 Å². The topological polar surface area (TPSA) is 63.4 Å². The fraction of sp³-hybridized carbons (Fsp3) is 0.368. The second-order valence-electron chi connectivity index (χ2n) is 7.32. The van der Waals surface area contributed by atoms with Gasteiger partial charge in [-0.1, -0.05) is 25.1 Å². The van der Waals surface area contributed by atoms with E-state index in [0.717, 1.165) is 12.1 Å². The predicted octanol–water partition coefficient (Wildman–Crippen LogP) is 3.37. The molecule has 6 heteroatoms. The number of rotatable bonds is 1. The number of hydrogen-bond acceptors (Lipinski definition) is 4. The van der Waals surface area contributed by atoms with Crippen LogP contribution in [0.4, 0.5) is 5.69 Å². The highest BCUT2D eigenvalue weighted by atomic mass is 16.2. The highest BCUT2D eigenvalue weighted by molar-refractivity contribution is 6.07. The van der Waals surface area contributed by atoms with Crippen LogP contribution in [-0.2, 0) is 0 Å². The summed E-state index contributed by atoms with van der Waals surface area (Å²) in [6.07, 6.45) is 2.52. The summed E-state index contributed by atoms with van der Waals surface area (Å²) in [6, 6.07) is 9.85. The maximum absolute atomic E-state index is 13.5. The van der Waals surface area contributed by atoms with Crippen LogP contribution in [-0.4, -0.2) is 31.0 Å². The average Bonchev–Trinajstić information content (AvgIpc) is 2.93. The number of aromatic nitrogens is 4. The van der Waals surface area contributed by atoms with E-state index in [0.29, 0.717) is 23.2 Å². The number of carbonyl (C=O) groups is 1. The number of hydrogen-bond donors (Lipinski definition) is 0. The number of aryl methyl sites for hydroxylation is 1. The van der Waals surface area contributed by atoms with Crippen molar-refractivity contribution < 1.29 is 4.79 Å². The minimum Gasteiger partial charge on any atom is -0.301 e. The van der Waals surface area contributed by atoms with Crippen LogP contribution in [0.25, 0.3) is 5.78 Å². The van der Waals surface area contributed by atoms with Crippen LogP contribution in [0.2, 0.25) is 0 Å². The Hall–Kier alpha value is -2.76. The summed E-state index contributed by atoms with van der Waals surface area (Å²) < 4.78 is 1.54. The van der Waals surface area contributed by atoms with Crippen LogP contribution >= 0.6 is 0 Å². The molecule has 1 aliphatic rings. The van der Waals surface area contributed by atoms with Crippen molar-refractivity contribution in [3.05, 3.63) is 53.6 Å². The van der Waals surface area contributed by atoms with E-state index in [1.165, 1.54) is 10.1 Å². The van der Waals surface area contributed by atoms with Gasteiger partial charge in [0, 0.05) is 17.4 Å². The number of carbonyl (C=O) groups excluding carboxylic acids is 1. The molecule has 0 saturated carbocycles. The lowest BCUT2D eigenvalue weighted by Gasteiger charge is -2.45. The fourth-order valence-corrected chi connectivity index (χ4v) is 3.94. The zero-order chi connectivity index (χ0) is 17.8. The van der Waals surface area contributed by atoms with E-state index in [9.17, 15) is 4.79 Å². The molecule has 25 heavy (non-hydrogen) atoms. The minimum atomic E-state index is -0.296. The molecule has 0 N–H and O–H groups in total. The molecular weight excluding hydrogens is 314 g/mol. The van der Waals surface area contributed by atoms with Gasteiger partial charge in [-0.3, -0.25) is 4.79 Å². The molecule has 1 aromatic carbocycles. The van der Waals surface area contributed by atoms with Crippen LogP contribution in [0.3, 0.4) is 0 Å². The molecule has 0 radical (unpaired) electrons.